The molecule has 2 N–H and O–H groups in total. The van der Waals surface area contributed by atoms with Crippen molar-refractivity contribution in [1.29, 1.82) is 0 Å². The van der Waals surface area contributed by atoms with Crippen molar-refractivity contribution in [3.05, 3.63) is 41.5 Å². The Labute approximate surface area is 83.4 Å². The molecule has 0 aliphatic heterocycles. The van der Waals surface area contributed by atoms with E-state index in [0.717, 1.165) is 24.0 Å². The van der Waals surface area contributed by atoms with Crippen molar-refractivity contribution in [3.63, 3.8) is 0 Å². The number of hydrogen-bond acceptors (Lipinski definition) is 2. The number of carbonyl (C=O) groups excluding carboxylic acids is 1. The van der Waals surface area contributed by atoms with Gasteiger partial charge >= 0.3 is 0 Å². The zero-order valence-electron chi connectivity index (χ0n) is 7.99. The molecule has 0 spiro atoms. The summed E-state index contributed by atoms with van der Waals surface area (Å²) < 4.78 is 0. The highest BCUT2D eigenvalue weighted by atomic mass is 16.1. The Morgan fingerprint density at radius 1 is 1.14 bits per heavy atom. The van der Waals surface area contributed by atoms with Crippen LogP contribution in [0.3, 0.4) is 0 Å². The number of benzene rings is 1. The Morgan fingerprint density at radius 2 is 1.86 bits per heavy atom. The van der Waals surface area contributed by atoms with E-state index >= 15 is 0 Å². The van der Waals surface area contributed by atoms with Crippen LogP contribution < -0.4 is 5.73 Å². The van der Waals surface area contributed by atoms with Crippen LogP contribution in [0, 0.1) is 0 Å². The van der Waals surface area contributed by atoms with Crippen molar-refractivity contribution >= 4 is 11.5 Å². The van der Waals surface area contributed by atoms with Crippen LogP contribution in [0.15, 0.2) is 35.9 Å². The van der Waals surface area contributed by atoms with E-state index in [9.17, 15) is 4.79 Å². The zero-order valence-corrected chi connectivity index (χ0v) is 7.99. The molecule has 0 radical (unpaired) electrons. The standard InChI is InChI=1S/C12H13NO/c13-12(9-5-2-1-3-6-9)10-7-4-8-11(10)14/h1-3,5-6H,4,7-8,13H2/b12-10-. The quantitative estimate of drug-likeness (QED) is 0.684. The zero-order chi connectivity index (χ0) is 9.97. The molecule has 1 aromatic rings. The van der Waals surface area contributed by atoms with E-state index in [2.05, 4.69) is 0 Å². The van der Waals surface area contributed by atoms with Crippen LogP contribution >= 0.6 is 0 Å². The van der Waals surface area contributed by atoms with Gasteiger partial charge in [-0.3, -0.25) is 4.79 Å². The third-order valence-electron chi connectivity index (χ3n) is 2.58. The molecule has 0 bridgehead atoms. The number of ketones is 1. The number of allylic oxidation sites excluding steroid dienone is 1. The second-order valence-electron chi connectivity index (χ2n) is 3.53. The fourth-order valence-electron chi connectivity index (χ4n) is 1.79. The van der Waals surface area contributed by atoms with E-state index in [4.69, 9.17) is 5.73 Å². The largest absolute Gasteiger partial charge is 0.398 e. The summed E-state index contributed by atoms with van der Waals surface area (Å²) in [7, 11) is 0. The highest BCUT2D eigenvalue weighted by molar-refractivity contribution is 6.03. The molecular formula is C12H13NO. The highest BCUT2D eigenvalue weighted by Crippen LogP contribution is 2.25. The molecule has 0 amide bonds. The Kier molecular flexibility index (Phi) is 2.35. The summed E-state index contributed by atoms with van der Waals surface area (Å²) in [6.07, 6.45) is 2.43. The molecular weight excluding hydrogens is 174 g/mol. The molecule has 0 saturated heterocycles. The summed E-state index contributed by atoms with van der Waals surface area (Å²) in [5.41, 5.74) is 8.38. The Morgan fingerprint density at radius 3 is 2.43 bits per heavy atom. The van der Waals surface area contributed by atoms with Crippen molar-refractivity contribution in [2.45, 2.75) is 19.3 Å². The lowest BCUT2D eigenvalue weighted by atomic mass is 10.1. The van der Waals surface area contributed by atoms with Gasteiger partial charge in [-0.25, -0.2) is 0 Å². The molecule has 1 fully saturated rings. The van der Waals surface area contributed by atoms with Crippen LogP contribution in [-0.4, -0.2) is 5.78 Å². The van der Waals surface area contributed by atoms with Crippen molar-refractivity contribution in [1.82, 2.24) is 0 Å². The molecule has 0 aromatic heterocycles. The minimum Gasteiger partial charge on any atom is -0.398 e. The molecule has 0 heterocycles. The summed E-state index contributed by atoms with van der Waals surface area (Å²) >= 11 is 0. The van der Waals surface area contributed by atoms with Crippen molar-refractivity contribution in [2.24, 2.45) is 5.73 Å². The van der Waals surface area contributed by atoms with Gasteiger partial charge in [0.1, 0.15) is 0 Å². The van der Waals surface area contributed by atoms with Gasteiger partial charge in [-0.1, -0.05) is 30.3 Å². The lowest BCUT2D eigenvalue weighted by Crippen LogP contribution is -2.04. The molecule has 0 unspecified atom stereocenters. The van der Waals surface area contributed by atoms with Gasteiger partial charge in [-0.2, -0.15) is 0 Å². The number of nitrogens with two attached hydrogens (primary N) is 1. The maximum absolute atomic E-state index is 11.5. The Bertz CT molecular complexity index is 379. The first-order valence-corrected chi connectivity index (χ1v) is 4.86. The van der Waals surface area contributed by atoms with Gasteiger partial charge in [0.2, 0.25) is 0 Å². The molecule has 2 rings (SSSR count). The van der Waals surface area contributed by atoms with Crippen LogP contribution in [0.4, 0.5) is 0 Å². The highest BCUT2D eigenvalue weighted by Gasteiger charge is 2.20. The fourth-order valence-corrected chi connectivity index (χ4v) is 1.79. The lowest BCUT2D eigenvalue weighted by molar-refractivity contribution is -0.114. The number of hydrogen-bond donors (Lipinski definition) is 1. The van der Waals surface area contributed by atoms with E-state index in [-0.39, 0.29) is 5.78 Å². The fraction of sp³-hybridized carbons (Fsp3) is 0.250. The maximum Gasteiger partial charge on any atom is 0.160 e. The third kappa shape index (κ3) is 1.55. The minimum atomic E-state index is 0.214. The number of carbonyl (C=O) groups is 1. The van der Waals surface area contributed by atoms with Gasteiger partial charge in [0.15, 0.2) is 5.78 Å². The predicted molar refractivity (Wildman–Crippen MR) is 56.4 cm³/mol. The third-order valence-corrected chi connectivity index (χ3v) is 2.58. The van der Waals surface area contributed by atoms with Gasteiger partial charge in [0.05, 0.1) is 0 Å². The van der Waals surface area contributed by atoms with Crippen LogP contribution in [-0.2, 0) is 4.79 Å². The van der Waals surface area contributed by atoms with Gasteiger partial charge < -0.3 is 5.73 Å². The lowest BCUT2D eigenvalue weighted by Gasteiger charge is -2.04. The maximum atomic E-state index is 11.5. The molecule has 14 heavy (non-hydrogen) atoms. The van der Waals surface area contributed by atoms with E-state index in [1.807, 2.05) is 30.3 Å². The van der Waals surface area contributed by atoms with Crippen molar-refractivity contribution in [2.75, 3.05) is 0 Å². The first-order valence-electron chi connectivity index (χ1n) is 4.86. The van der Waals surface area contributed by atoms with Crippen LogP contribution in [0.5, 0.6) is 0 Å². The second kappa shape index (κ2) is 3.66. The van der Waals surface area contributed by atoms with Gasteiger partial charge in [0.25, 0.3) is 0 Å². The molecule has 1 aliphatic carbocycles. The van der Waals surface area contributed by atoms with Crippen molar-refractivity contribution in [3.8, 4) is 0 Å². The molecule has 1 saturated carbocycles. The van der Waals surface area contributed by atoms with Crippen LogP contribution in [0.2, 0.25) is 0 Å². The SMILES string of the molecule is N/C(=C1/CCCC1=O)c1ccccc1. The summed E-state index contributed by atoms with van der Waals surface area (Å²) in [5, 5.41) is 0. The molecule has 1 aromatic carbocycles. The first kappa shape index (κ1) is 9.00. The minimum absolute atomic E-state index is 0.214. The van der Waals surface area contributed by atoms with E-state index < -0.39 is 0 Å². The van der Waals surface area contributed by atoms with Crippen LogP contribution in [0.1, 0.15) is 24.8 Å². The molecule has 2 heteroatoms. The van der Waals surface area contributed by atoms with Gasteiger partial charge in [0, 0.05) is 17.7 Å². The monoisotopic (exact) mass is 187 g/mol. The Hall–Kier alpha value is -1.57. The van der Waals surface area contributed by atoms with E-state index in [1.165, 1.54) is 0 Å². The average Bonchev–Trinajstić information content (AvgIpc) is 2.65. The summed E-state index contributed by atoms with van der Waals surface area (Å²) in [5.74, 6) is 0.214. The van der Waals surface area contributed by atoms with Gasteiger partial charge in [-0.15, -0.1) is 0 Å². The number of Topliss-reactive ketones (excluding diaryl/α,β-unsaturated/α-hetero) is 1. The van der Waals surface area contributed by atoms with E-state index in [0.29, 0.717) is 12.1 Å². The summed E-state index contributed by atoms with van der Waals surface area (Å²) in [6.45, 7) is 0. The normalized spacial score (nSPS) is 19.9. The number of rotatable bonds is 1. The molecule has 72 valence electrons. The molecule has 2 nitrogen and oxygen atoms in total. The first-order chi connectivity index (χ1) is 6.79. The van der Waals surface area contributed by atoms with Crippen molar-refractivity contribution < 1.29 is 4.79 Å². The average molecular weight is 187 g/mol. The summed E-state index contributed by atoms with van der Waals surface area (Å²) in [6, 6.07) is 9.68. The van der Waals surface area contributed by atoms with Gasteiger partial charge in [-0.05, 0) is 18.4 Å². The smallest absolute Gasteiger partial charge is 0.160 e. The predicted octanol–water partition coefficient (Wildman–Crippen LogP) is 2.11. The molecule has 0 atom stereocenters. The van der Waals surface area contributed by atoms with E-state index in [1.54, 1.807) is 0 Å². The Balaban J connectivity index is 2.40. The second-order valence-corrected chi connectivity index (χ2v) is 3.53. The molecule has 1 aliphatic rings. The van der Waals surface area contributed by atoms with Crippen LogP contribution in [0.25, 0.3) is 5.70 Å². The topological polar surface area (TPSA) is 43.1 Å². The summed E-state index contributed by atoms with van der Waals surface area (Å²) in [4.78, 5) is 11.5.